The van der Waals surface area contributed by atoms with E-state index in [0.29, 0.717) is 6.04 Å². The minimum Gasteiger partial charge on any atom is -0.496 e. The first-order valence-corrected chi connectivity index (χ1v) is 15.5. The lowest BCUT2D eigenvalue weighted by molar-refractivity contribution is -0.166. The third-order valence-corrected chi connectivity index (χ3v) is 7.90. The van der Waals surface area contributed by atoms with Gasteiger partial charge in [0.05, 0.1) is 18.2 Å². The topological polar surface area (TPSA) is 148 Å². The predicted octanol–water partition coefficient (Wildman–Crippen LogP) is 5.57. The Morgan fingerprint density at radius 3 is 1.73 bits per heavy atom. The number of carbonyl (C=O) groups excluding carboxylic acids is 2. The highest BCUT2D eigenvalue weighted by Crippen LogP contribution is 2.29. The van der Waals surface area contributed by atoms with Crippen LogP contribution in [0.1, 0.15) is 55.0 Å². The Hall–Kier alpha value is -5.48. The first-order valence-electron chi connectivity index (χ1n) is 15.5. The molecule has 3 N–H and O–H groups in total. The fourth-order valence-corrected chi connectivity index (χ4v) is 5.21. The highest BCUT2D eigenvalue weighted by molar-refractivity contribution is 5.95. The van der Waals surface area contributed by atoms with Gasteiger partial charge in [-0.3, -0.25) is 0 Å². The SMILES string of the molecule is COc1cccc2c1C[C@H](NCc1ccccc1)CC2.Cc1ccc(C(=O)O[C@H](C(=O)O)[C@H](OC(=O)c2ccc(C)cc2)C(=O)O)cc1. The van der Waals surface area contributed by atoms with E-state index in [1.54, 1.807) is 45.2 Å². The third kappa shape index (κ3) is 9.76. The number of carboxylic acid groups (broad SMARTS) is 2. The average molecular weight is 654 g/mol. The van der Waals surface area contributed by atoms with Gasteiger partial charge in [0.15, 0.2) is 0 Å². The van der Waals surface area contributed by atoms with Crippen LogP contribution in [0.15, 0.2) is 97.1 Å². The zero-order valence-electron chi connectivity index (χ0n) is 27.1. The second kappa shape index (κ2) is 16.9. The fraction of sp³-hybridized carbons (Fsp3) is 0.263. The number of carbonyl (C=O) groups is 4. The van der Waals surface area contributed by atoms with Crippen LogP contribution in [0.2, 0.25) is 0 Å². The monoisotopic (exact) mass is 653 g/mol. The summed E-state index contributed by atoms with van der Waals surface area (Å²) in [6.07, 6.45) is -1.04. The fourth-order valence-electron chi connectivity index (χ4n) is 5.21. The number of hydrogen-bond donors (Lipinski definition) is 3. The largest absolute Gasteiger partial charge is 0.496 e. The molecule has 0 unspecified atom stereocenters. The molecule has 0 saturated heterocycles. The van der Waals surface area contributed by atoms with Gasteiger partial charge in [-0.05, 0) is 80.1 Å². The summed E-state index contributed by atoms with van der Waals surface area (Å²) in [6, 6.07) is 29.6. The highest BCUT2D eigenvalue weighted by atomic mass is 16.6. The van der Waals surface area contributed by atoms with E-state index in [1.807, 2.05) is 0 Å². The Morgan fingerprint density at radius 1 is 0.729 bits per heavy atom. The zero-order valence-corrected chi connectivity index (χ0v) is 27.1. The number of nitrogens with one attached hydrogen (secondary N) is 1. The van der Waals surface area contributed by atoms with E-state index in [-0.39, 0.29) is 11.1 Å². The minimum atomic E-state index is -2.22. The number of methoxy groups -OCH3 is 1. The molecule has 1 aliphatic carbocycles. The summed E-state index contributed by atoms with van der Waals surface area (Å²) in [5, 5.41) is 22.3. The summed E-state index contributed by atoms with van der Waals surface area (Å²) in [7, 11) is 1.76. The van der Waals surface area contributed by atoms with Crippen molar-refractivity contribution in [2.45, 2.75) is 57.9 Å². The highest BCUT2D eigenvalue weighted by Gasteiger charge is 2.41. The number of aliphatic carboxylic acids is 2. The number of carboxylic acids is 2. The van der Waals surface area contributed by atoms with Crippen molar-refractivity contribution in [2.75, 3.05) is 7.11 Å². The van der Waals surface area contributed by atoms with Gasteiger partial charge in [-0.15, -0.1) is 0 Å². The van der Waals surface area contributed by atoms with Crippen LogP contribution in [0.25, 0.3) is 0 Å². The molecular weight excluding hydrogens is 614 g/mol. The molecule has 0 bridgehead atoms. The van der Waals surface area contributed by atoms with Crippen molar-refractivity contribution in [3.05, 3.63) is 136 Å². The summed E-state index contributed by atoms with van der Waals surface area (Å²) >= 11 is 0. The normalized spacial score (nSPS) is 14.6. The van der Waals surface area contributed by atoms with Crippen LogP contribution in [0, 0.1) is 13.8 Å². The number of benzene rings is 4. The lowest BCUT2D eigenvalue weighted by Gasteiger charge is -2.27. The second-order valence-corrected chi connectivity index (χ2v) is 11.5. The molecule has 0 amide bonds. The maximum absolute atomic E-state index is 12.2. The van der Waals surface area contributed by atoms with Gasteiger partial charge in [-0.1, -0.05) is 77.9 Å². The number of aryl methyl sites for hydroxylation is 3. The lowest BCUT2D eigenvalue weighted by atomic mass is 9.87. The predicted molar refractivity (Wildman–Crippen MR) is 178 cm³/mol. The van der Waals surface area contributed by atoms with Gasteiger partial charge in [0.25, 0.3) is 0 Å². The van der Waals surface area contributed by atoms with Gasteiger partial charge >= 0.3 is 23.9 Å². The van der Waals surface area contributed by atoms with Gasteiger partial charge in [0, 0.05) is 12.6 Å². The van der Waals surface area contributed by atoms with E-state index in [9.17, 15) is 29.4 Å². The lowest BCUT2D eigenvalue weighted by Crippen LogP contribution is -2.45. The third-order valence-electron chi connectivity index (χ3n) is 7.90. The first kappa shape index (κ1) is 35.4. The standard InChI is InChI=1S/C20H18O8.C18H21NO/c1-11-3-7-13(8-4-11)19(25)27-15(17(21)22)16(18(23)24)28-20(26)14-9-5-12(2)6-10-14;1-20-18-9-5-8-15-10-11-16(12-17(15)18)19-13-14-6-3-2-4-7-14/h3-10,15-16H,1-2H3,(H,21,22)(H,23,24);2-9,16,19H,10-13H2,1H3/t15-,16-;16-/m01/s1. The molecule has 0 spiro atoms. The molecule has 0 heterocycles. The molecule has 0 fully saturated rings. The van der Waals surface area contributed by atoms with Gasteiger partial charge in [-0.2, -0.15) is 0 Å². The van der Waals surface area contributed by atoms with Crippen molar-refractivity contribution in [1.82, 2.24) is 5.32 Å². The van der Waals surface area contributed by atoms with Crippen molar-refractivity contribution in [3.63, 3.8) is 0 Å². The molecule has 4 aromatic rings. The maximum atomic E-state index is 12.2. The molecule has 4 aromatic carbocycles. The van der Waals surface area contributed by atoms with Crippen LogP contribution in [0.5, 0.6) is 5.75 Å². The number of fused-ring (bicyclic) bond motifs is 1. The van der Waals surface area contributed by atoms with Crippen LogP contribution in [0.4, 0.5) is 0 Å². The molecule has 0 aliphatic heterocycles. The van der Waals surface area contributed by atoms with E-state index in [0.717, 1.165) is 36.3 Å². The number of esters is 2. The molecule has 5 rings (SSSR count). The van der Waals surface area contributed by atoms with Gasteiger partial charge in [0.2, 0.25) is 12.2 Å². The van der Waals surface area contributed by atoms with Crippen LogP contribution >= 0.6 is 0 Å². The molecule has 10 nitrogen and oxygen atoms in total. The Kier molecular flexibility index (Phi) is 12.5. The van der Waals surface area contributed by atoms with E-state index in [1.165, 1.54) is 47.4 Å². The van der Waals surface area contributed by atoms with Gasteiger partial charge in [0.1, 0.15) is 5.75 Å². The van der Waals surface area contributed by atoms with E-state index in [2.05, 4.69) is 53.8 Å². The second-order valence-electron chi connectivity index (χ2n) is 11.5. The maximum Gasteiger partial charge on any atom is 0.349 e. The summed E-state index contributed by atoms with van der Waals surface area (Å²) in [5.41, 5.74) is 5.97. The van der Waals surface area contributed by atoms with E-state index < -0.39 is 36.1 Å². The molecule has 0 aromatic heterocycles. The van der Waals surface area contributed by atoms with Crippen LogP contribution in [0.3, 0.4) is 0 Å². The molecule has 48 heavy (non-hydrogen) atoms. The molecule has 3 atom stereocenters. The van der Waals surface area contributed by atoms with Gasteiger partial charge < -0.3 is 29.7 Å². The minimum absolute atomic E-state index is 0.0332. The Balaban J connectivity index is 0.000000228. The quantitative estimate of drug-likeness (QED) is 0.176. The van der Waals surface area contributed by atoms with Crippen LogP contribution in [-0.2, 0) is 38.4 Å². The molecular formula is C38H39NO9. The molecule has 10 heteroatoms. The van der Waals surface area contributed by atoms with Crippen molar-refractivity contribution in [3.8, 4) is 5.75 Å². The Bertz CT molecular complexity index is 1610. The molecule has 1 aliphatic rings. The van der Waals surface area contributed by atoms with Crippen LogP contribution < -0.4 is 10.1 Å². The summed E-state index contributed by atoms with van der Waals surface area (Å²) in [6.45, 7) is 4.52. The zero-order chi connectivity index (χ0) is 34.6. The summed E-state index contributed by atoms with van der Waals surface area (Å²) in [5.74, 6) is -4.59. The van der Waals surface area contributed by atoms with E-state index >= 15 is 0 Å². The van der Waals surface area contributed by atoms with Crippen molar-refractivity contribution in [2.24, 2.45) is 0 Å². The average Bonchev–Trinajstić information content (AvgIpc) is 3.09. The van der Waals surface area contributed by atoms with Crippen molar-refractivity contribution < 1.29 is 43.6 Å². The smallest absolute Gasteiger partial charge is 0.349 e. The van der Waals surface area contributed by atoms with Crippen molar-refractivity contribution in [1.29, 1.82) is 0 Å². The number of rotatable bonds is 11. The number of ether oxygens (including phenoxy) is 3. The Labute approximate surface area is 279 Å². The number of hydrogen-bond acceptors (Lipinski definition) is 8. The molecule has 0 saturated carbocycles. The van der Waals surface area contributed by atoms with E-state index in [4.69, 9.17) is 14.2 Å². The van der Waals surface area contributed by atoms with Gasteiger partial charge in [-0.25, -0.2) is 19.2 Å². The van der Waals surface area contributed by atoms with Crippen molar-refractivity contribution >= 4 is 23.9 Å². The molecule has 250 valence electrons. The van der Waals surface area contributed by atoms with Crippen LogP contribution in [-0.4, -0.2) is 59.4 Å². The summed E-state index contributed by atoms with van der Waals surface area (Å²) < 4.78 is 15.1. The first-order chi connectivity index (χ1) is 23.0. The molecule has 0 radical (unpaired) electrons. The summed E-state index contributed by atoms with van der Waals surface area (Å²) in [4.78, 5) is 47.3. The Morgan fingerprint density at radius 2 is 1.25 bits per heavy atom.